The Hall–Kier alpha value is -1.62. The first-order valence-electron chi connectivity index (χ1n) is 6.26. The summed E-state index contributed by atoms with van der Waals surface area (Å²) in [4.78, 5) is 11.5. The van der Waals surface area contributed by atoms with E-state index in [0.29, 0.717) is 30.2 Å². The predicted molar refractivity (Wildman–Crippen MR) is 83.7 cm³/mol. The third kappa shape index (κ3) is 4.49. The molecule has 0 aromatic heterocycles. The molecule has 0 fully saturated rings. The molecule has 1 amide bonds. The summed E-state index contributed by atoms with van der Waals surface area (Å²) in [5.41, 5.74) is 1.98. The number of amides is 1. The Morgan fingerprint density at radius 2 is 2.15 bits per heavy atom. The molecule has 0 bridgehead atoms. The van der Waals surface area contributed by atoms with Crippen LogP contribution in [0.1, 0.15) is 11.1 Å². The van der Waals surface area contributed by atoms with E-state index >= 15 is 0 Å². The molecule has 0 radical (unpaired) electrons. The summed E-state index contributed by atoms with van der Waals surface area (Å²) in [6, 6.07) is 3.88. The van der Waals surface area contributed by atoms with Crippen LogP contribution < -0.4 is 14.8 Å². The fraction of sp³-hybridized carbons (Fsp3) is 0.400. The van der Waals surface area contributed by atoms with Crippen LogP contribution in [0.15, 0.2) is 24.8 Å². The fourth-order valence-corrected chi connectivity index (χ4v) is 2.26. The summed E-state index contributed by atoms with van der Waals surface area (Å²) in [5, 5.41) is 2.88. The third-order valence-electron chi connectivity index (χ3n) is 2.74. The monoisotopic (exact) mass is 295 g/mol. The van der Waals surface area contributed by atoms with Crippen LogP contribution in [-0.2, 0) is 17.8 Å². The number of hydrogen-bond acceptors (Lipinski definition) is 4. The average molecular weight is 295 g/mol. The van der Waals surface area contributed by atoms with Crippen LogP contribution in [0.4, 0.5) is 0 Å². The van der Waals surface area contributed by atoms with Crippen molar-refractivity contribution in [1.82, 2.24) is 5.32 Å². The van der Waals surface area contributed by atoms with Gasteiger partial charge >= 0.3 is 0 Å². The first kappa shape index (κ1) is 16.4. The number of carbonyl (C=O) groups is 1. The molecule has 0 spiro atoms. The number of benzene rings is 1. The van der Waals surface area contributed by atoms with Gasteiger partial charge in [-0.3, -0.25) is 4.79 Å². The highest BCUT2D eigenvalue weighted by Gasteiger charge is 2.12. The molecule has 0 aliphatic rings. The van der Waals surface area contributed by atoms with Crippen LogP contribution in [0, 0.1) is 0 Å². The Balaban J connectivity index is 2.93. The highest BCUT2D eigenvalue weighted by atomic mass is 32.2. The molecule has 1 rings (SSSR count). The molecular weight excluding hydrogens is 274 g/mol. The lowest BCUT2D eigenvalue weighted by molar-refractivity contribution is -0.118. The Bertz CT molecular complexity index is 474. The van der Waals surface area contributed by atoms with Gasteiger partial charge in [-0.15, -0.1) is 6.58 Å². The van der Waals surface area contributed by atoms with Crippen molar-refractivity contribution >= 4 is 17.7 Å². The second-order valence-electron chi connectivity index (χ2n) is 4.19. The summed E-state index contributed by atoms with van der Waals surface area (Å²) >= 11 is 1.50. The van der Waals surface area contributed by atoms with Crippen molar-refractivity contribution < 1.29 is 14.3 Å². The lowest BCUT2D eigenvalue weighted by Crippen LogP contribution is -2.24. The van der Waals surface area contributed by atoms with Gasteiger partial charge < -0.3 is 14.8 Å². The maximum atomic E-state index is 11.5. The zero-order valence-electron chi connectivity index (χ0n) is 12.2. The molecule has 1 aromatic carbocycles. The minimum absolute atomic E-state index is 0.0255. The number of allylic oxidation sites excluding steroid dienone is 1. The van der Waals surface area contributed by atoms with Gasteiger partial charge in [0.1, 0.15) is 0 Å². The number of thioether (sulfide) groups is 1. The Morgan fingerprint density at radius 3 is 2.70 bits per heavy atom. The van der Waals surface area contributed by atoms with Crippen molar-refractivity contribution in [2.45, 2.75) is 13.0 Å². The van der Waals surface area contributed by atoms with E-state index in [-0.39, 0.29) is 5.91 Å². The summed E-state index contributed by atoms with van der Waals surface area (Å²) in [6.07, 6.45) is 4.40. The normalized spacial score (nSPS) is 9.95. The zero-order chi connectivity index (χ0) is 15.0. The van der Waals surface area contributed by atoms with Crippen molar-refractivity contribution in [2.24, 2.45) is 0 Å². The molecule has 0 aliphatic heterocycles. The summed E-state index contributed by atoms with van der Waals surface area (Å²) in [7, 11) is 3.22. The molecule has 0 saturated carbocycles. The largest absolute Gasteiger partial charge is 0.493 e. The lowest BCUT2D eigenvalue weighted by atomic mass is 10.1. The van der Waals surface area contributed by atoms with Crippen LogP contribution in [0.25, 0.3) is 0 Å². The molecule has 110 valence electrons. The number of nitrogens with one attached hydrogen (secondary N) is 1. The number of hydrogen-bond donors (Lipinski definition) is 1. The molecule has 1 N–H and O–H groups in total. The van der Waals surface area contributed by atoms with E-state index in [9.17, 15) is 4.79 Å². The van der Waals surface area contributed by atoms with Crippen molar-refractivity contribution in [2.75, 3.05) is 26.2 Å². The van der Waals surface area contributed by atoms with Gasteiger partial charge in [0.05, 0.1) is 20.0 Å². The van der Waals surface area contributed by atoms with E-state index in [1.807, 2.05) is 24.5 Å². The van der Waals surface area contributed by atoms with Crippen molar-refractivity contribution in [3.05, 3.63) is 35.9 Å². The smallest absolute Gasteiger partial charge is 0.230 e. The Kier molecular flexibility index (Phi) is 7.01. The van der Waals surface area contributed by atoms with Gasteiger partial charge in [0, 0.05) is 12.1 Å². The van der Waals surface area contributed by atoms with E-state index in [1.54, 1.807) is 14.2 Å². The van der Waals surface area contributed by atoms with Gasteiger partial charge in [0.2, 0.25) is 5.91 Å². The van der Waals surface area contributed by atoms with Crippen LogP contribution in [0.5, 0.6) is 11.5 Å². The Morgan fingerprint density at radius 1 is 1.40 bits per heavy atom. The molecule has 1 aromatic rings. The van der Waals surface area contributed by atoms with E-state index in [0.717, 1.165) is 11.1 Å². The van der Waals surface area contributed by atoms with E-state index < -0.39 is 0 Å². The van der Waals surface area contributed by atoms with Gasteiger partial charge in [-0.05, 0) is 30.4 Å². The van der Waals surface area contributed by atoms with Crippen molar-refractivity contribution in [3.63, 3.8) is 0 Å². The fourth-order valence-electron chi connectivity index (χ4n) is 1.90. The van der Waals surface area contributed by atoms with Gasteiger partial charge in [-0.1, -0.05) is 6.08 Å². The second-order valence-corrected chi connectivity index (χ2v) is 5.06. The molecule has 0 saturated heterocycles. The predicted octanol–water partition coefficient (Wildman–Crippen LogP) is 2.41. The minimum atomic E-state index is 0.0255. The third-order valence-corrected chi connectivity index (χ3v) is 3.30. The highest BCUT2D eigenvalue weighted by molar-refractivity contribution is 7.99. The molecule has 0 unspecified atom stereocenters. The molecular formula is C15H21NO3S. The maximum absolute atomic E-state index is 11.5. The first-order chi connectivity index (χ1) is 9.65. The van der Waals surface area contributed by atoms with Crippen molar-refractivity contribution in [3.8, 4) is 11.5 Å². The minimum Gasteiger partial charge on any atom is -0.493 e. The number of methoxy groups -OCH3 is 2. The van der Waals surface area contributed by atoms with Crippen molar-refractivity contribution in [1.29, 1.82) is 0 Å². The molecule has 20 heavy (non-hydrogen) atoms. The van der Waals surface area contributed by atoms with Crippen LogP contribution in [0.3, 0.4) is 0 Å². The first-order valence-corrected chi connectivity index (χ1v) is 7.66. The standard InChI is InChI=1S/C15H21NO3S/c1-5-6-12-7-11(9-16-14(17)10-20-4)8-13(18-2)15(12)19-3/h5,7-8H,1,6,9-10H2,2-4H3,(H,16,17). The van der Waals surface area contributed by atoms with E-state index in [2.05, 4.69) is 11.9 Å². The molecule has 4 nitrogen and oxygen atoms in total. The molecule has 0 atom stereocenters. The van der Waals surface area contributed by atoms with Crippen LogP contribution in [-0.4, -0.2) is 32.1 Å². The SMILES string of the molecule is C=CCc1cc(CNC(=O)CSC)cc(OC)c1OC. The quantitative estimate of drug-likeness (QED) is 0.748. The van der Waals surface area contributed by atoms with Gasteiger partial charge in [-0.2, -0.15) is 11.8 Å². The number of carbonyl (C=O) groups excluding carboxylic acids is 1. The van der Waals surface area contributed by atoms with Crippen LogP contribution >= 0.6 is 11.8 Å². The number of rotatable bonds is 8. The lowest BCUT2D eigenvalue weighted by Gasteiger charge is -2.14. The van der Waals surface area contributed by atoms with E-state index in [4.69, 9.17) is 9.47 Å². The highest BCUT2D eigenvalue weighted by Crippen LogP contribution is 2.33. The van der Waals surface area contributed by atoms with E-state index in [1.165, 1.54) is 11.8 Å². The van der Waals surface area contributed by atoms with Crippen LogP contribution in [0.2, 0.25) is 0 Å². The number of ether oxygens (including phenoxy) is 2. The summed E-state index contributed by atoms with van der Waals surface area (Å²) < 4.78 is 10.7. The summed E-state index contributed by atoms with van der Waals surface area (Å²) in [6.45, 7) is 4.22. The molecule has 0 aliphatic carbocycles. The second kappa shape index (κ2) is 8.53. The average Bonchev–Trinajstić information content (AvgIpc) is 2.45. The van der Waals surface area contributed by atoms with Gasteiger partial charge in [-0.25, -0.2) is 0 Å². The van der Waals surface area contributed by atoms with Gasteiger partial charge in [0.25, 0.3) is 0 Å². The topological polar surface area (TPSA) is 47.6 Å². The summed E-state index contributed by atoms with van der Waals surface area (Å²) in [5.74, 6) is 1.87. The Labute approximate surface area is 124 Å². The maximum Gasteiger partial charge on any atom is 0.230 e. The molecule has 0 heterocycles. The molecule has 5 heteroatoms. The zero-order valence-corrected chi connectivity index (χ0v) is 13.0. The van der Waals surface area contributed by atoms with Gasteiger partial charge in [0.15, 0.2) is 11.5 Å².